The van der Waals surface area contributed by atoms with E-state index in [0.717, 1.165) is 11.3 Å². The van der Waals surface area contributed by atoms with Crippen molar-refractivity contribution in [2.24, 2.45) is 5.73 Å². The third kappa shape index (κ3) is 2.41. The summed E-state index contributed by atoms with van der Waals surface area (Å²) in [5.41, 5.74) is 5.72. The molecule has 1 fully saturated rings. The minimum absolute atomic E-state index is 0.0258. The number of aromatic carboxylic acids is 1. The molecule has 0 atom stereocenters. The lowest BCUT2D eigenvalue weighted by molar-refractivity contribution is 0.0698. The van der Waals surface area contributed by atoms with Crippen molar-refractivity contribution in [2.75, 3.05) is 13.1 Å². The van der Waals surface area contributed by atoms with Crippen molar-refractivity contribution >= 4 is 27.3 Å². The van der Waals surface area contributed by atoms with Crippen LogP contribution in [0, 0.1) is 0 Å². The lowest BCUT2D eigenvalue weighted by Crippen LogP contribution is -2.42. The highest BCUT2D eigenvalue weighted by Gasteiger charge is 2.32. The van der Waals surface area contributed by atoms with E-state index in [1.54, 1.807) is 0 Å². The van der Waals surface area contributed by atoms with Crippen molar-refractivity contribution in [3.63, 3.8) is 0 Å². The van der Waals surface area contributed by atoms with Gasteiger partial charge < -0.3 is 10.8 Å². The van der Waals surface area contributed by atoms with Gasteiger partial charge in [-0.05, 0) is 24.3 Å². The maximum absolute atomic E-state index is 12.3. The van der Waals surface area contributed by atoms with Gasteiger partial charge in [-0.2, -0.15) is 4.31 Å². The van der Waals surface area contributed by atoms with Crippen LogP contribution in [0.15, 0.2) is 16.3 Å². The summed E-state index contributed by atoms with van der Waals surface area (Å²) < 4.78 is 25.9. The predicted molar refractivity (Wildman–Crippen MR) is 67.2 cm³/mol. The van der Waals surface area contributed by atoms with Crippen LogP contribution < -0.4 is 5.73 Å². The number of sulfonamides is 1. The zero-order chi connectivity index (χ0) is 13.3. The van der Waals surface area contributed by atoms with E-state index < -0.39 is 16.0 Å². The molecule has 0 amide bonds. The lowest BCUT2D eigenvalue weighted by Gasteiger charge is -2.29. The van der Waals surface area contributed by atoms with Crippen LogP contribution in [0.5, 0.6) is 0 Å². The molecular formula is C10H14N2O4S2. The van der Waals surface area contributed by atoms with E-state index in [2.05, 4.69) is 0 Å². The molecule has 3 N–H and O–H groups in total. The topological polar surface area (TPSA) is 101 Å². The van der Waals surface area contributed by atoms with E-state index in [0.29, 0.717) is 25.9 Å². The number of nitrogens with two attached hydrogens (primary N) is 1. The third-order valence-electron chi connectivity index (χ3n) is 2.94. The van der Waals surface area contributed by atoms with Crippen LogP contribution in [0.3, 0.4) is 0 Å². The van der Waals surface area contributed by atoms with Crippen LogP contribution in [-0.2, 0) is 10.0 Å². The fraction of sp³-hybridized carbons (Fsp3) is 0.500. The van der Waals surface area contributed by atoms with Crippen molar-refractivity contribution in [3.8, 4) is 0 Å². The lowest BCUT2D eigenvalue weighted by atomic mass is 10.1. The maximum atomic E-state index is 12.3. The molecule has 100 valence electrons. The van der Waals surface area contributed by atoms with E-state index in [1.807, 2.05) is 0 Å². The Morgan fingerprint density at radius 1 is 1.44 bits per heavy atom. The molecule has 6 nitrogen and oxygen atoms in total. The fourth-order valence-corrected chi connectivity index (χ4v) is 4.61. The molecule has 0 bridgehead atoms. The third-order valence-corrected chi connectivity index (χ3v) is 5.91. The number of piperidine rings is 1. The van der Waals surface area contributed by atoms with Crippen molar-refractivity contribution in [2.45, 2.75) is 23.8 Å². The van der Waals surface area contributed by atoms with Gasteiger partial charge in [-0.1, -0.05) is 0 Å². The van der Waals surface area contributed by atoms with E-state index in [1.165, 1.54) is 15.8 Å². The largest absolute Gasteiger partial charge is 0.477 e. The summed E-state index contributed by atoms with van der Waals surface area (Å²) in [4.78, 5) is 10.7. The van der Waals surface area contributed by atoms with Gasteiger partial charge in [0.15, 0.2) is 0 Å². The average Bonchev–Trinajstić information content (AvgIpc) is 2.79. The molecule has 2 heterocycles. The summed E-state index contributed by atoms with van der Waals surface area (Å²) in [6, 6.07) is 1.37. The number of thiophene rings is 1. The van der Waals surface area contributed by atoms with Crippen LogP contribution in [0.25, 0.3) is 0 Å². The van der Waals surface area contributed by atoms with Gasteiger partial charge in [0.05, 0.1) is 0 Å². The van der Waals surface area contributed by atoms with Gasteiger partial charge in [0.25, 0.3) is 0 Å². The molecule has 1 aliphatic heterocycles. The molecule has 8 heteroatoms. The molecule has 0 unspecified atom stereocenters. The minimum Gasteiger partial charge on any atom is -0.477 e. The van der Waals surface area contributed by atoms with E-state index >= 15 is 0 Å². The van der Waals surface area contributed by atoms with E-state index in [-0.39, 0.29) is 15.8 Å². The summed E-state index contributed by atoms with van der Waals surface area (Å²) in [6.07, 6.45) is 1.21. The second-order valence-corrected chi connectivity index (χ2v) is 6.98. The Kier molecular flexibility index (Phi) is 3.71. The fourth-order valence-electron chi connectivity index (χ4n) is 1.91. The molecule has 0 saturated carbocycles. The van der Waals surface area contributed by atoms with Crippen molar-refractivity contribution in [1.29, 1.82) is 0 Å². The molecule has 0 radical (unpaired) electrons. The normalized spacial score (nSPS) is 18.9. The summed E-state index contributed by atoms with van der Waals surface area (Å²) >= 11 is 0.919. The summed E-state index contributed by atoms with van der Waals surface area (Å²) in [5, 5.41) is 10.4. The predicted octanol–water partition coefficient (Wildman–Crippen LogP) is 0.558. The number of hydrogen-bond acceptors (Lipinski definition) is 5. The molecule has 1 aromatic rings. The Balaban J connectivity index is 2.31. The number of hydrogen-bond donors (Lipinski definition) is 2. The van der Waals surface area contributed by atoms with Gasteiger partial charge in [0.1, 0.15) is 9.77 Å². The molecule has 18 heavy (non-hydrogen) atoms. The standard InChI is InChI=1S/C10H14N2O4S2/c11-7-1-4-12(5-2-7)18(15,16)8-3-6-17-9(8)10(13)14/h3,6-7H,1-2,4-5,11H2,(H,13,14). The number of rotatable bonds is 3. The summed E-state index contributed by atoms with van der Waals surface area (Å²) in [5.74, 6) is -1.21. The highest BCUT2D eigenvalue weighted by molar-refractivity contribution is 7.89. The molecule has 0 aromatic carbocycles. The Morgan fingerprint density at radius 3 is 2.61 bits per heavy atom. The smallest absolute Gasteiger partial charge is 0.347 e. The maximum Gasteiger partial charge on any atom is 0.347 e. The molecular weight excluding hydrogens is 276 g/mol. The SMILES string of the molecule is NC1CCN(S(=O)(=O)c2ccsc2C(=O)O)CC1. The first-order valence-corrected chi connectivity index (χ1v) is 7.81. The molecule has 0 aliphatic carbocycles. The molecule has 1 aromatic heterocycles. The second kappa shape index (κ2) is 4.96. The summed E-state index contributed by atoms with van der Waals surface area (Å²) in [6.45, 7) is 0.691. The summed E-state index contributed by atoms with van der Waals surface area (Å²) in [7, 11) is -3.71. The van der Waals surface area contributed by atoms with Gasteiger partial charge in [-0.3, -0.25) is 0 Å². The van der Waals surface area contributed by atoms with E-state index in [9.17, 15) is 13.2 Å². The van der Waals surface area contributed by atoms with Crippen LogP contribution >= 0.6 is 11.3 Å². The van der Waals surface area contributed by atoms with E-state index in [4.69, 9.17) is 10.8 Å². The first-order chi connectivity index (χ1) is 8.43. The van der Waals surface area contributed by atoms with Crippen LogP contribution in [0.1, 0.15) is 22.5 Å². The Hall–Kier alpha value is -0.960. The quantitative estimate of drug-likeness (QED) is 0.847. The van der Waals surface area contributed by atoms with Crippen molar-refractivity contribution < 1.29 is 18.3 Å². The van der Waals surface area contributed by atoms with Crippen LogP contribution in [0.4, 0.5) is 0 Å². The number of carbonyl (C=O) groups is 1. The molecule has 1 saturated heterocycles. The number of carboxylic acids is 1. The highest BCUT2D eigenvalue weighted by atomic mass is 32.2. The first-order valence-electron chi connectivity index (χ1n) is 5.49. The Morgan fingerprint density at radius 2 is 2.06 bits per heavy atom. The second-order valence-electron chi connectivity index (χ2n) is 4.16. The van der Waals surface area contributed by atoms with Gasteiger partial charge in [0, 0.05) is 19.1 Å². The van der Waals surface area contributed by atoms with Crippen LogP contribution in [0.2, 0.25) is 0 Å². The van der Waals surface area contributed by atoms with Crippen molar-refractivity contribution in [3.05, 3.63) is 16.3 Å². The number of carboxylic acid groups (broad SMARTS) is 1. The minimum atomic E-state index is -3.71. The van der Waals surface area contributed by atoms with Gasteiger partial charge in [-0.25, -0.2) is 13.2 Å². The van der Waals surface area contributed by atoms with Gasteiger partial charge in [-0.15, -0.1) is 11.3 Å². The van der Waals surface area contributed by atoms with Crippen LogP contribution in [-0.4, -0.2) is 42.9 Å². The van der Waals surface area contributed by atoms with Gasteiger partial charge >= 0.3 is 5.97 Å². The number of nitrogens with zero attached hydrogens (tertiary/aromatic N) is 1. The molecule has 1 aliphatic rings. The monoisotopic (exact) mass is 290 g/mol. The van der Waals surface area contributed by atoms with Crippen molar-refractivity contribution in [1.82, 2.24) is 4.31 Å². The molecule has 0 spiro atoms. The average molecular weight is 290 g/mol. The molecule has 2 rings (SSSR count). The zero-order valence-electron chi connectivity index (χ0n) is 9.57. The Labute approximate surface area is 109 Å². The Bertz CT molecular complexity index is 544. The van der Waals surface area contributed by atoms with Gasteiger partial charge in [0.2, 0.25) is 10.0 Å². The highest BCUT2D eigenvalue weighted by Crippen LogP contribution is 2.27. The first kappa shape index (κ1) is 13.5. The zero-order valence-corrected chi connectivity index (χ0v) is 11.2.